The van der Waals surface area contributed by atoms with Crippen molar-refractivity contribution in [3.8, 4) is 0 Å². The Labute approximate surface area is 108 Å². The lowest BCUT2D eigenvalue weighted by Crippen LogP contribution is -2.25. The molecule has 0 N–H and O–H groups in total. The molecule has 2 rings (SSSR count). The van der Waals surface area contributed by atoms with Crippen LogP contribution in [0, 0.1) is 0 Å². The average Bonchev–Trinajstić information content (AvgIpc) is 2.77. The Morgan fingerprint density at radius 3 is 2.72 bits per heavy atom. The first kappa shape index (κ1) is 13.5. The van der Waals surface area contributed by atoms with E-state index in [4.69, 9.17) is 18.9 Å². The molecule has 0 bridgehead atoms. The van der Waals surface area contributed by atoms with Gasteiger partial charge in [-0.1, -0.05) is 18.2 Å². The van der Waals surface area contributed by atoms with Crippen molar-refractivity contribution in [2.75, 3.05) is 13.2 Å². The van der Waals surface area contributed by atoms with Crippen LogP contribution in [0.1, 0.15) is 13.8 Å². The van der Waals surface area contributed by atoms with Crippen LogP contribution in [0.25, 0.3) is 0 Å². The molecule has 0 saturated carbocycles. The molecule has 100 valence electrons. The summed E-state index contributed by atoms with van der Waals surface area (Å²) < 4.78 is 22.6. The molecule has 0 aromatic rings. The Morgan fingerprint density at radius 2 is 2.06 bits per heavy atom. The summed E-state index contributed by atoms with van der Waals surface area (Å²) >= 11 is 0. The number of hydrogen-bond donors (Lipinski definition) is 0. The Balaban J connectivity index is 2.05. The Kier molecular flexibility index (Phi) is 4.02. The molecule has 4 nitrogen and oxygen atoms in total. The maximum Gasteiger partial charge on any atom is 0.192 e. The van der Waals surface area contributed by atoms with Crippen molar-refractivity contribution in [2.45, 2.75) is 38.1 Å². The van der Waals surface area contributed by atoms with Crippen LogP contribution in [0.4, 0.5) is 0 Å². The smallest absolute Gasteiger partial charge is 0.192 e. The molecule has 2 saturated heterocycles. The molecule has 2 aliphatic rings. The molecule has 0 aromatic heterocycles. The van der Waals surface area contributed by atoms with E-state index < -0.39 is 5.79 Å². The SMILES string of the molecule is C=CCOC/C=C1\[C@H]2OC(C)(C)O[C@H]2O[C@@H]1C=C. The largest absolute Gasteiger partial charge is 0.373 e. The molecular formula is C14H20O4. The molecule has 0 radical (unpaired) electrons. The van der Waals surface area contributed by atoms with E-state index in [-0.39, 0.29) is 18.5 Å². The van der Waals surface area contributed by atoms with Gasteiger partial charge in [0.1, 0.15) is 12.2 Å². The Bertz CT molecular complexity index is 359. The van der Waals surface area contributed by atoms with Crippen molar-refractivity contribution in [1.29, 1.82) is 0 Å². The molecule has 0 unspecified atom stereocenters. The van der Waals surface area contributed by atoms with Crippen LogP contribution in [0.15, 0.2) is 37.0 Å². The van der Waals surface area contributed by atoms with E-state index in [0.717, 1.165) is 5.57 Å². The molecule has 2 heterocycles. The lowest BCUT2D eigenvalue weighted by molar-refractivity contribution is -0.195. The summed E-state index contributed by atoms with van der Waals surface area (Å²) in [5.74, 6) is -0.609. The molecule has 4 heteroatoms. The van der Waals surface area contributed by atoms with Crippen LogP contribution in [0.5, 0.6) is 0 Å². The van der Waals surface area contributed by atoms with Gasteiger partial charge in [0.2, 0.25) is 0 Å². The minimum atomic E-state index is -0.609. The molecule has 3 atom stereocenters. The summed E-state index contributed by atoms with van der Waals surface area (Å²) in [6.45, 7) is 12.2. The monoisotopic (exact) mass is 252 g/mol. The second kappa shape index (κ2) is 5.36. The molecule has 0 amide bonds. The summed E-state index contributed by atoms with van der Waals surface area (Å²) in [4.78, 5) is 0. The van der Waals surface area contributed by atoms with E-state index in [1.165, 1.54) is 0 Å². The second-order valence-electron chi connectivity index (χ2n) is 4.75. The normalized spacial score (nSPS) is 35.7. The van der Waals surface area contributed by atoms with Crippen LogP contribution >= 0.6 is 0 Å². The average molecular weight is 252 g/mol. The third-order valence-corrected chi connectivity index (χ3v) is 2.88. The van der Waals surface area contributed by atoms with Crippen molar-refractivity contribution in [3.63, 3.8) is 0 Å². The van der Waals surface area contributed by atoms with Gasteiger partial charge >= 0.3 is 0 Å². The van der Waals surface area contributed by atoms with E-state index in [2.05, 4.69) is 13.2 Å². The lowest BCUT2D eigenvalue weighted by Gasteiger charge is -2.20. The van der Waals surface area contributed by atoms with E-state index >= 15 is 0 Å². The highest BCUT2D eigenvalue weighted by molar-refractivity contribution is 5.25. The quantitative estimate of drug-likeness (QED) is 0.555. The van der Waals surface area contributed by atoms with Gasteiger partial charge in [-0.3, -0.25) is 0 Å². The van der Waals surface area contributed by atoms with Gasteiger partial charge in [-0.2, -0.15) is 0 Å². The zero-order chi connectivity index (χ0) is 13.2. The second-order valence-corrected chi connectivity index (χ2v) is 4.75. The summed E-state index contributed by atoms with van der Waals surface area (Å²) in [6.07, 6.45) is 4.76. The summed E-state index contributed by atoms with van der Waals surface area (Å²) in [6, 6.07) is 0. The molecule has 2 aliphatic heterocycles. The number of ether oxygens (including phenoxy) is 4. The van der Waals surface area contributed by atoms with Gasteiger partial charge in [-0.05, 0) is 19.4 Å². The van der Waals surface area contributed by atoms with Crippen LogP contribution < -0.4 is 0 Å². The number of rotatable bonds is 5. The van der Waals surface area contributed by atoms with Crippen molar-refractivity contribution < 1.29 is 18.9 Å². The van der Waals surface area contributed by atoms with E-state index in [0.29, 0.717) is 13.2 Å². The van der Waals surface area contributed by atoms with Crippen molar-refractivity contribution >= 4 is 0 Å². The highest BCUT2D eigenvalue weighted by Crippen LogP contribution is 2.40. The fourth-order valence-electron chi connectivity index (χ4n) is 2.17. The third-order valence-electron chi connectivity index (χ3n) is 2.88. The fraction of sp³-hybridized carbons (Fsp3) is 0.571. The zero-order valence-electron chi connectivity index (χ0n) is 10.9. The van der Waals surface area contributed by atoms with Crippen LogP contribution in [-0.4, -0.2) is 37.5 Å². The molecule has 18 heavy (non-hydrogen) atoms. The number of fused-ring (bicyclic) bond motifs is 1. The van der Waals surface area contributed by atoms with Gasteiger partial charge in [-0.25, -0.2) is 0 Å². The molecule has 0 aromatic carbocycles. The minimum Gasteiger partial charge on any atom is -0.373 e. The highest BCUT2D eigenvalue weighted by atomic mass is 16.8. The maximum atomic E-state index is 5.84. The van der Waals surface area contributed by atoms with E-state index in [1.54, 1.807) is 12.2 Å². The van der Waals surface area contributed by atoms with Gasteiger partial charge in [0, 0.05) is 0 Å². The topological polar surface area (TPSA) is 36.9 Å². The van der Waals surface area contributed by atoms with Gasteiger partial charge in [0.25, 0.3) is 0 Å². The predicted octanol–water partition coefficient (Wildman–Crippen LogP) is 2.18. The van der Waals surface area contributed by atoms with Crippen LogP contribution in [-0.2, 0) is 18.9 Å². The van der Waals surface area contributed by atoms with Crippen molar-refractivity contribution in [2.24, 2.45) is 0 Å². The third kappa shape index (κ3) is 2.72. The first-order chi connectivity index (χ1) is 8.57. The van der Waals surface area contributed by atoms with Gasteiger partial charge in [-0.15, -0.1) is 13.2 Å². The lowest BCUT2D eigenvalue weighted by atomic mass is 10.1. The molecule has 0 spiro atoms. The molecule has 2 fully saturated rings. The molecule has 0 aliphatic carbocycles. The summed E-state index contributed by atoms with van der Waals surface area (Å²) in [5.41, 5.74) is 1.02. The first-order valence-electron chi connectivity index (χ1n) is 6.09. The standard InChI is InChI=1S/C14H20O4/c1-5-8-15-9-7-10-11(6-2)16-13-12(10)17-14(3,4)18-13/h5-7,11-13H,1-2,8-9H2,3-4H3/b10-7-/t11-,12-,13-/m1/s1. The highest BCUT2D eigenvalue weighted by Gasteiger charge is 2.50. The fourth-order valence-corrected chi connectivity index (χ4v) is 2.17. The van der Waals surface area contributed by atoms with Gasteiger partial charge in [0.15, 0.2) is 12.1 Å². The van der Waals surface area contributed by atoms with E-state index in [1.807, 2.05) is 19.9 Å². The first-order valence-corrected chi connectivity index (χ1v) is 6.09. The van der Waals surface area contributed by atoms with Gasteiger partial charge < -0.3 is 18.9 Å². The van der Waals surface area contributed by atoms with Crippen molar-refractivity contribution in [3.05, 3.63) is 37.0 Å². The van der Waals surface area contributed by atoms with Crippen LogP contribution in [0.2, 0.25) is 0 Å². The van der Waals surface area contributed by atoms with Crippen LogP contribution in [0.3, 0.4) is 0 Å². The predicted molar refractivity (Wildman–Crippen MR) is 68.0 cm³/mol. The maximum absolute atomic E-state index is 5.84. The molecular weight excluding hydrogens is 232 g/mol. The Morgan fingerprint density at radius 1 is 1.28 bits per heavy atom. The number of hydrogen-bond acceptors (Lipinski definition) is 4. The minimum absolute atomic E-state index is 0.163. The zero-order valence-corrected chi connectivity index (χ0v) is 10.9. The van der Waals surface area contributed by atoms with Gasteiger partial charge in [0.05, 0.1) is 13.2 Å². The summed E-state index contributed by atoms with van der Waals surface area (Å²) in [7, 11) is 0. The Hall–Kier alpha value is -0.940. The van der Waals surface area contributed by atoms with Crippen molar-refractivity contribution in [1.82, 2.24) is 0 Å². The summed E-state index contributed by atoms with van der Waals surface area (Å²) in [5, 5.41) is 0. The van der Waals surface area contributed by atoms with E-state index in [9.17, 15) is 0 Å².